The molecule has 1 N–H and O–H groups in total. The molecule has 3 aromatic rings. The molecular weight excluding hydrogens is 388 g/mol. The van der Waals surface area contributed by atoms with Gasteiger partial charge in [0.05, 0.1) is 6.26 Å². The van der Waals surface area contributed by atoms with Gasteiger partial charge < -0.3 is 9.73 Å². The molecule has 2 heterocycles. The molecular formula is C21H24N4O3S. The quantitative estimate of drug-likeness (QED) is 0.661. The molecule has 0 saturated heterocycles. The third kappa shape index (κ3) is 4.89. The molecule has 0 radical (unpaired) electrons. The molecule has 1 atom stereocenters. The molecule has 0 aliphatic carbocycles. The van der Waals surface area contributed by atoms with Crippen molar-refractivity contribution in [1.29, 1.82) is 0 Å². The first-order valence-corrected chi connectivity index (χ1v) is 10.2. The van der Waals surface area contributed by atoms with Crippen LogP contribution in [0.4, 0.5) is 5.69 Å². The number of hydrogen-bond acceptors (Lipinski definition) is 6. The van der Waals surface area contributed by atoms with Crippen molar-refractivity contribution in [2.24, 2.45) is 0 Å². The van der Waals surface area contributed by atoms with Crippen LogP contribution in [0.5, 0.6) is 0 Å². The highest BCUT2D eigenvalue weighted by Gasteiger charge is 2.37. The van der Waals surface area contributed by atoms with E-state index in [0.717, 1.165) is 23.5 Å². The molecule has 0 aliphatic rings. The number of hydrogen-bond donors (Lipinski definition) is 1. The second-order valence-electron chi connectivity index (χ2n) is 7.64. The Morgan fingerprint density at radius 2 is 1.93 bits per heavy atom. The number of anilines is 1. The van der Waals surface area contributed by atoms with Crippen LogP contribution < -0.4 is 10.2 Å². The minimum absolute atomic E-state index is 0.176. The monoisotopic (exact) mass is 412 g/mol. The van der Waals surface area contributed by atoms with Crippen molar-refractivity contribution < 1.29 is 14.0 Å². The van der Waals surface area contributed by atoms with Crippen molar-refractivity contribution >= 4 is 29.0 Å². The number of aryl methyl sites for hydroxylation is 1. The lowest BCUT2D eigenvalue weighted by molar-refractivity contribution is -0.124. The Hall–Kier alpha value is -3.00. The van der Waals surface area contributed by atoms with E-state index in [9.17, 15) is 9.59 Å². The minimum atomic E-state index is -0.995. The Morgan fingerprint density at radius 3 is 2.45 bits per heavy atom. The maximum Gasteiger partial charge on any atom is 0.280 e. The first-order chi connectivity index (χ1) is 13.8. The molecule has 1 unspecified atom stereocenters. The van der Waals surface area contributed by atoms with Crippen molar-refractivity contribution in [3.05, 3.63) is 65.1 Å². The summed E-state index contributed by atoms with van der Waals surface area (Å²) in [4.78, 5) is 28.1. The third-order valence-electron chi connectivity index (χ3n) is 4.24. The number of furan rings is 1. The van der Waals surface area contributed by atoms with Crippen LogP contribution in [-0.2, 0) is 11.2 Å². The number of nitrogens with zero attached hydrogens (tertiary/aromatic N) is 3. The van der Waals surface area contributed by atoms with Gasteiger partial charge >= 0.3 is 0 Å². The summed E-state index contributed by atoms with van der Waals surface area (Å²) in [7, 11) is 0. The molecule has 7 nitrogen and oxygen atoms in total. The van der Waals surface area contributed by atoms with Crippen LogP contribution in [-0.4, -0.2) is 26.9 Å². The predicted molar refractivity (Wildman–Crippen MR) is 112 cm³/mol. The Morgan fingerprint density at radius 1 is 1.21 bits per heavy atom. The summed E-state index contributed by atoms with van der Waals surface area (Å²) in [6.45, 7) is 7.71. The Labute approximate surface area is 173 Å². The highest BCUT2D eigenvalue weighted by atomic mass is 32.1. The van der Waals surface area contributed by atoms with Crippen LogP contribution in [0.3, 0.4) is 0 Å². The van der Waals surface area contributed by atoms with E-state index in [-0.39, 0.29) is 11.6 Å². The zero-order chi connectivity index (χ0) is 21.0. The fourth-order valence-electron chi connectivity index (χ4n) is 2.92. The number of nitrogens with one attached hydrogen (secondary N) is 1. The zero-order valence-electron chi connectivity index (χ0n) is 16.9. The van der Waals surface area contributed by atoms with Crippen LogP contribution >= 0.6 is 11.5 Å². The van der Waals surface area contributed by atoms with E-state index < -0.39 is 17.5 Å². The first-order valence-electron chi connectivity index (χ1n) is 9.35. The predicted octanol–water partition coefficient (Wildman–Crippen LogP) is 4.00. The van der Waals surface area contributed by atoms with E-state index in [1.807, 2.05) is 45.0 Å². The molecule has 0 bridgehead atoms. The van der Waals surface area contributed by atoms with Crippen LogP contribution in [0.1, 0.15) is 55.5 Å². The molecule has 1 aromatic carbocycles. The van der Waals surface area contributed by atoms with Gasteiger partial charge in [-0.1, -0.05) is 23.5 Å². The summed E-state index contributed by atoms with van der Waals surface area (Å²) in [6.07, 6.45) is 2.36. The maximum absolute atomic E-state index is 13.4. The molecule has 0 saturated carbocycles. The summed E-state index contributed by atoms with van der Waals surface area (Å²) >= 11 is 1.08. The fraction of sp³-hybridized carbons (Fsp3) is 0.333. The Balaban J connectivity index is 2.11. The van der Waals surface area contributed by atoms with Gasteiger partial charge in [0, 0.05) is 16.6 Å². The lowest BCUT2D eigenvalue weighted by Gasteiger charge is -2.32. The average Bonchev–Trinajstić information content (AvgIpc) is 3.38. The second-order valence-corrected chi connectivity index (χ2v) is 8.25. The molecule has 2 amide bonds. The maximum atomic E-state index is 13.4. The van der Waals surface area contributed by atoms with Crippen molar-refractivity contribution in [2.75, 3.05) is 4.90 Å². The topological polar surface area (TPSA) is 88.3 Å². The molecule has 152 valence electrons. The van der Waals surface area contributed by atoms with Gasteiger partial charge in [0.1, 0.15) is 5.76 Å². The van der Waals surface area contributed by atoms with E-state index in [4.69, 9.17) is 4.42 Å². The summed E-state index contributed by atoms with van der Waals surface area (Å²) in [5.74, 6) is -0.403. The van der Waals surface area contributed by atoms with E-state index in [1.54, 1.807) is 17.5 Å². The van der Waals surface area contributed by atoms with Crippen molar-refractivity contribution in [1.82, 2.24) is 14.9 Å². The van der Waals surface area contributed by atoms with Crippen LogP contribution in [0.15, 0.2) is 52.5 Å². The molecule has 0 fully saturated rings. The molecule has 0 spiro atoms. The van der Waals surface area contributed by atoms with Gasteiger partial charge in [-0.2, -0.15) is 0 Å². The summed E-state index contributed by atoms with van der Waals surface area (Å²) in [6, 6.07) is 9.93. The van der Waals surface area contributed by atoms with E-state index >= 15 is 0 Å². The van der Waals surface area contributed by atoms with Gasteiger partial charge in [-0.3, -0.25) is 14.5 Å². The lowest BCUT2D eigenvalue weighted by atomic mass is 10.0. The van der Waals surface area contributed by atoms with Gasteiger partial charge in [-0.15, -0.1) is 5.10 Å². The molecule has 3 rings (SSSR count). The number of benzene rings is 1. The fourth-order valence-corrected chi connectivity index (χ4v) is 3.35. The summed E-state index contributed by atoms with van der Waals surface area (Å²) in [5.41, 5.74) is 1.40. The normalized spacial score (nSPS) is 12.4. The number of carbonyl (C=O) groups is 2. The second kappa shape index (κ2) is 8.57. The highest BCUT2D eigenvalue weighted by molar-refractivity contribution is 7.03. The highest BCUT2D eigenvalue weighted by Crippen LogP contribution is 2.30. The van der Waals surface area contributed by atoms with Gasteiger partial charge in [0.2, 0.25) is 0 Å². The standard InChI is InChI=1S/C21H24N4O3S/c1-5-14-8-10-15(11-9-14)25(20(27)16-13-29-24-23-16)18(17-7-6-12-28-17)19(26)22-21(2,3)4/h6-13,18H,5H2,1-4H3,(H,22,26). The number of aromatic nitrogens is 2. The van der Waals surface area contributed by atoms with E-state index in [0.29, 0.717) is 11.4 Å². The molecule has 0 aliphatic heterocycles. The summed E-state index contributed by atoms with van der Waals surface area (Å²) < 4.78 is 9.35. The molecule has 8 heteroatoms. The zero-order valence-corrected chi connectivity index (χ0v) is 17.7. The summed E-state index contributed by atoms with van der Waals surface area (Å²) in [5, 5.41) is 8.43. The van der Waals surface area contributed by atoms with Crippen molar-refractivity contribution in [2.45, 2.75) is 45.7 Å². The minimum Gasteiger partial charge on any atom is -0.467 e. The van der Waals surface area contributed by atoms with Gasteiger partial charge in [0.25, 0.3) is 11.8 Å². The van der Waals surface area contributed by atoms with Gasteiger partial charge in [-0.05, 0) is 68.6 Å². The third-order valence-corrected chi connectivity index (χ3v) is 4.74. The average molecular weight is 413 g/mol. The number of carbonyl (C=O) groups excluding carboxylic acids is 2. The SMILES string of the molecule is CCc1ccc(N(C(=O)c2csnn2)C(C(=O)NC(C)(C)C)c2ccco2)cc1. The molecule has 29 heavy (non-hydrogen) atoms. The largest absolute Gasteiger partial charge is 0.467 e. The Kier molecular flexibility index (Phi) is 6.12. The van der Waals surface area contributed by atoms with E-state index in [2.05, 4.69) is 21.8 Å². The lowest BCUT2D eigenvalue weighted by Crippen LogP contribution is -2.49. The first kappa shape index (κ1) is 20.7. The van der Waals surface area contributed by atoms with Crippen molar-refractivity contribution in [3.63, 3.8) is 0 Å². The smallest absolute Gasteiger partial charge is 0.280 e. The van der Waals surface area contributed by atoms with Crippen LogP contribution in [0.25, 0.3) is 0 Å². The number of rotatable bonds is 6. The number of amides is 2. The van der Waals surface area contributed by atoms with E-state index in [1.165, 1.54) is 11.2 Å². The van der Waals surface area contributed by atoms with Crippen LogP contribution in [0, 0.1) is 0 Å². The molecule has 2 aromatic heterocycles. The van der Waals surface area contributed by atoms with Crippen LogP contribution in [0.2, 0.25) is 0 Å². The van der Waals surface area contributed by atoms with Gasteiger partial charge in [-0.25, -0.2) is 0 Å². The van der Waals surface area contributed by atoms with Gasteiger partial charge in [0.15, 0.2) is 11.7 Å². The Bertz CT molecular complexity index is 945. The van der Waals surface area contributed by atoms with Crippen molar-refractivity contribution in [3.8, 4) is 0 Å².